The Kier molecular flexibility index (Phi) is 5.98. The summed E-state index contributed by atoms with van der Waals surface area (Å²) in [4.78, 5) is 0. The Labute approximate surface area is 80.8 Å². The fraction of sp³-hybridized carbons (Fsp3) is 1.00. The van der Waals surface area contributed by atoms with Crippen LogP contribution in [0.25, 0.3) is 0 Å². The van der Waals surface area contributed by atoms with E-state index >= 15 is 0 Å². The van der Waals surface area contributed by atoms with Gasteiger partial charge in [-0.25, -0.2) is 4.13 Å². The second-order valence-electron chi connectivity index (χ2n) is 3.76. The molecule has 4 heteroatoms. The first-order chi connectivity index (χ1) is 3.71. The number of hydrogen-bond donors (Lipinski definition) is 1. The predicted octanol–water partition coefficient (Wildman–Crippen LogP) is 1.41. The first kappa shape index (κ1) is 13.8. The smallest absolute Gasteiger partial charge is 0 e. The maximum absolute atomic E-state index is 3.62. The van der Waals surface area contributed by atoms with Crippen LogP contribution in [0.2, 0.25) is 0 Å². The summed E-state index contributed by atoms with van der Waals surface area (Å²) in [5.74, 6) is 0. The van der Waals surface area contributed by atoms with Crippen LogP contribution in [0.5, 0.6) is 0 Å². The van der Waals surface area contributed by atoms with E-state index in [0.717, 1.165) is 0 Å². The van der Waals surface area contributed by atoms with Gasteiger partial charge in [0.05, 0.1) is 0 Å². The minimum Gasteiger partial charge on any atom is -0.245 e. The van der Waals surface area contributed by atoms with Crippen molar-refractivity contribution in [2.24, 2.45) is 0 Å². The van der Waals surface area contributed by atoms with Crippen LogP contribution in [0, 0.1) is 0 Å². The molecule has 0 bridgehead atoms. The number of rotatable bonds is 2. The van der Waals surface area contributed by atoms with Gasteiger partial charge in [0.25, 0.3) is 0 Å². The average Bonchev–Trinajstić information content (AvgIpc) is 1.14. The Morgan fingerprint density at radius 1 is 0.700 bits per heavy atom. The molecule has 0 aliphatic carbocycles. The minimum atomic E-state index is -0.495. The van der Waals surface area contributed by atoms with Crippen molar-refractivity contribution >= 4 is 39.3 Å². The molecule has 1 nitrogen and oxygen atoms in total. The molecule has 10 heavy (non-hydrogen) atoms. The summed E-state index contributed by atoms with van der Waals surface area (Å²) in [6.07, 6.45) is 13.7. The molecule has 0 saturated carbocycles. The zero-order valence-electron chi connectivity index (χ0n) is 8.32. The van der Waals surface area contributed by atoms with Gasteiger partial charge in [-0.1, -0.05) is 0 Å². The van der Waals surface area contributed by atoms with Crippen molar-refractivity contribution in [2.75, 3.05) is 37.5 Å². The molecule has 0 amide bonds. The molecule has 0 aliphatic rings. The van der Waals surface area contributed by atoms with Crippen LogP contribution in [0.1, 0.15) is 0 Å². The van der Waals surface area contributed by atoms with Gasteiger partial charge in [0.15, 0.2) is 0 Å². The zero-order chi connectivity index (χ0) is 7.71. The summed E-state index contributed by atoms with van der Waals surface area (Å²) in [6, 6.07) is 0. The zero-order valence-corrected chi connectivity index (χ0v) is 9.95. The van der Waals surface area contributed by atoms with Crippen LogP contribution in [-0.4, -0.2) is 56.4 Å². The van der Waals surface area contributed by atoms with Crippen LogP contribution in [0.15, 0.2) is 0 Å². The van der Waals surface area contributed by atoms with E-state index in [4.69, 9.17) is 0 Å². The van der Waals surface area contributed by atoms with Gasteiger partial charge in [-0.15, -0.1) is 0 Å². The topological polar surface area (TPSA) is 12.0 Å². The van der Waals surface area contributed by atoms with E-state index < -0.39 is 20.4 Å². The van der Waals surface area contributed by atoms with Crippen molar-refractivity contribution in [3.63, 3.8) is 0 Å². The van der Waals surface area contributed by atoms with Crippen molar-refractivity contribution < 1.29 is 0 Å². The van der Waals surface area contributed by atoms with E-state index in [9.17, 15) is 0 Å². The van der Waals surface area contributed by atoms with Crippen molar-refractivity contribution in [3.05, 3.63) is 0 Å². The van der Waals surface area contributed by atoms with Crippen molar-refractivity contribution in [2.45, 2.75) is 0 Å². The molecule has 1 N–H and O–H groups in total. The summed E-state index contributed by atoms with van der Waals surface area (Å²) in [6.45, 7) is 0. The van der Waals surface area contributed by atoms with Crippen LogP contribution >= 0.6 is 20.4 Å². The van der Waals surface area contributed by atoms with E-state index in [1.54, 1.807) is 0 Å². The molecule has 0 rings (SSSR count). The molecule has 0 atom stereocenters. The van der Waals surface area contributed by atoms with Gasteiger partial charge in [-0.3, -0.25) is 0 Å². The Morgan fingerprint density at radius 2 is 0.900 bits per heavy atom. The largest absolute Gasteiger partial charge is 0.245 e. The second kappa shape index (κ2) is 4.32. The standard InChI is InChI=1S/C6H19NS2.Li/c1-8(2,3)7-9(4,5)6;/h7H,1-6H3;. The monoisotopic (exact) mass is 176 g/mol. The molecule has 1 radical (unpaired) electrons. The maximum Gasteiger partial charge on any atom is 0 e. The van der Waals surface area contributed by atoms with Gasteiger partial charge in [-0.2, -0.15) is 20.4 Å². The molecule has 0 spiro atoms. The van der Waals surface area contributed by atoms with Crippen LogP contribution < -0.4 is 4.13 Å². The van der Waals surface area contributed by atoms with Gasteiger partial charge in [0.1, 0.15) is 0 Å². The summed E-state index contributed by atoms with van der Waals surface area (Å²) in [5, 5.41) is 0. The first-order valence-corrected chi connectivity index (χ1v) is 8.57. The van der Waals surface area contributed by atoms with Crippen molar-refractivity contribution in [3.8, 4) is 0 Å². The molecule has 0 heterocycles. The van der Waals surface area contributed by atoms with E-state index in [2.05, 4.69) is 41.7 Å². The molecule has 0 aromatic carbocycles. The number of nitrogens with one attached hydrogen (secondary N) is 1. The van der Waals surface area contributed by atoms with Crippen LogP contribution in [0.4, 0.5) is 0 Å². The first-order valence-electron chi connectivity index (χ1n) is 2.86. The second-order valence-corrected chi connectivity index (χ2v) is 11.8. The van der Waals surface area contributed by atoms with Gasteiger partial charge < -0.3 is 0 Å². The summed E-state index contributed by atoms with van der Waals surface area (Å²) >= 11 is 0. The van der Waals surface area contributed by atoms with Gasteiger partial charge in [-0.05, 0) is 37.5 Å². The minimum absolute atomic E-state index is 0. The van der Waals surface area contributed by atoms with Gasteiger partial charge in [0.2, 0.25) is 0 Å². The van der Waals surface area contributed by atoms with Crippen LogP contribution in [0.3, 0.4) is 0 Å². The average molecular weight is 176 g/mol. The third-order valence-corrected chi connectivity index (χ3v) is 4.50. The number of hydrogen-bond acceptors (Lipinski definition) is 1. The third-order valence-electron chi connectivity index (χ3n) is 0.500. The van der Waals surface area contributed by atoms with Crippen LogP contribution in [-0.2, 0) is 0 Å². The van der Waals surface area contributed by atoms with Crippen molar-refractivity contribution in [1.82, 2.24) is 4.13 Å². The Balaban J connectivity index is 0. The van der Waals surface area contributed by atoms with Crippen molar-refractivity contribution in [1.29, 1.82) is 0 Å². The van der Waals surface area contributed by atoms with E-state index in [1.807, 2.05) is 0 Å². The summed E-state index contributed by atoms with van der Waals surface area (Å²) in [5.41, 5.74) is 0. The molecule has 0 fully saturated rings. The molecule has 61 valence electrons. The van der Waals surface area contributed by atoms with E-state index in [0.29, 0.717) is 0 Å². The molecule has 0 unspecified atom stereocenters. The normalized spacial score (nSPS) is 15.8. The summed E-state index contributed by atoms with van der Waals surface area (Å²) in [7, 11) is -0.990. The quantitative estimate of drug-likeness (QED) is 0.627. The van der Waals surface area contributed by atoms with Gasteiger partial charge >= 0.3 is 0 Å². The maximum atomic E-state index is 3.62. The Morgan fingerprint density at radius 3 is 0.900 bits per heavy atom. The molecular weight excluding hydrogens is 157 g/mol. The van der Waals surface area contributed by atoms with E-state index in [-0.39, 0.29) is 18.9 Å². The molecule has 0 aromatic rings. The SMILES string of the molecule is CS(C)(C)NS(C)(C)C.[Li]. The molecule has 0 aliphatic heterocycles. The predicted molar refractivity (Wildman–Crippen MR) is 59.6 cm³/mol. The van der Waals surface area contributed by atoms with E-state index in [1.165, 1.54) is 0 Å². The third kappa shape index (κ3) is 12.0. The Hall–Kier alpha value is 1.26. The summed E-state index contributed by atoms with van der Waals surface area (Å²) < 4.78 is 3.62. The molecular formula is C6H19LiNS2. The fourth-order valence-electron chi connectivity index (χ4n) is 0.750. The molecule has 0 aromatic heterocycles. The van der Waals surface area contributed by atoms with Gasteiger partial charge in [0, 0.05) is 18.9 Å². The Bertz CT molecular complexity index is 80.9. The fourth-order valence-corrected chi connectivity index (χ4v) is 6.75. The molecule has 0 saturated heterocycles.